The van der Waals surface area contributed by atoms with Gasteiger partial charge in [0, 0.05) is 73.8 Å². The monoisotopic (exact) mass is 789 g/mol. The summed E-state index contributed by atoms with van der Waals surface area (Å²) >= 11 is 2.32. The molecule has 6 aromatic rings. The number of halogens is 2. The van der Waals surface area contributed by atoms with Crippen LogP contribution in [0.5, 0.6) is 0 Å². The zero-order valence-electron chi connectivity index (χ0n) is 29.1. The lowest BCUT2D eigenvalue weighted by Crippen LogP contribution is -2.36. The molecule has 0 unspecified atom stereocenters. The summed E-state index contributed by atoms with van der Waals surface area (Å²) < 4.78 is 15.7. The maximum Gasteiger partial charge on any atom is 0.251 e. The van der Waals surface area contributed by atoms with Gasteiger partial charge >= 0.3 is 0 Å². The van der Waals surface area contributed by atoms with E-state index < -0.39 is 0 Å². The van der Waals surface area contributed by atoms with Crippen LogP contribution in [0.4, 0.5) is 27.4 Å². The Labute approximate surface area is 310 Å². The van der Waals surface area contributed by atoms with E-state index in [1.165, 1.54) is 23.3 Å². The highest BCUT2D eigenvalue weighted by Gasteiger charge is 2.39. The van der Waals surface area contributed by atoms with Gasteiger partial charge in [0.2, 0.25) is 0 Å². The third-order valence-electron chi connectivity index (χ3n) is 10.1. The number of hydrogen-bond acceptors (Lipinski definition) is 7. The first kappa shape index (κ1) is 33.3. The topological polar surface area (TPSA) is 90.6 Å². The molecule has 51 heavy (non-hydrogen) atoms. The molecule has 0 amide bonds. The summed E-state index contributed by atoms with van der Waals surface area (Å²) in [6, 6.07) is 25.3. The van der Waals surface area contributed by atoms with E-state index >= 15 is 0 Å². The molecule has 0 fully saturated rings. The van der Waals surface area contributed by atoms with Crippen molar-refractivity contribution < 1.29 is 9.50 Å². The summed E-state index contributed by atoms with van der Waals surface area (Å²) in [4.78, 5) is 28.1. The number of aliphatic hydroxyl groups excluding tert-OH is 1. The van der Waals surface area contributed by atoms with Crippen LogP contribution in [0, 0.1) is 16.3 Å². The van der Waals surface area contributed by atoms with Crippen LogP contribution in [0.1, 0.15) is 44.4 Å². The van der Waals surface area contributed by atoms with Gasteiger partial charge in [-0.3, -0.25) is 4.98 Å². The number of nitrogens with zero attached hydrogens (tertiary/aromatic N) is 7. The Bertz CT molecular complexity index is 2380. The second-order valence-corrected chi connectivity index (χ2v) is 15.8. The molecule has 0 radical (unpaired) electrons. The van der Waals surface area contributed by atoms with Gasteiger partial charge in [-0.05, 0) is 89.2 Å². The lowest BCUT2D eigenvalue weighted by atomic mass is 9.86. The molecule has 0 aliphatic carbocycles. The van der Waals surface area contributed by atoms with Gasteiger partial charge in [-0.25, -0.2) is 19.3 Å². The van der Waals surface area contributed by atoms with Crippen LogP contribution in [0.3, 0.4) is 0 Å². The van der Waals surface area contributed by atoms with Gasteiger partial charge in [-0.1, -0.05) is 52.0 Å². The molecule has 5 heterocycles. The molecule has 0 atom stereocenters. The smallest absolute Gasteiger partial charge is 0.251 e. The lowest BCUT2D eigenvalue weighted by molar-refractivity contribution is 0.354. The molecule has 3 aromatic carbocycles. The van der Waals surface area contributed by atoms with Crippen LogP contribution in [0.25, 0.3) is 33.5 Å². The van der Waals surface area contributed by atoms with Crippen molar-refractivity contribution in [1.29, 1.82) is 0 Å². The third kappa shape index (κ3) is 5.84. The minimum absolute atomic E-state index is 0.104. The fraction of sp³-hybridized carbons (Fsp3) is 0.244. The van der Waals surface area contributed by atoms with Gasteiger partial charge in [0.25, 0.3) is 5.95 Å². The third-order valence-corrected chi connectivity index (χ3v) is 10.7. The maximum absolute atomic E-state index is 14.6. The summed E-state index contributed by atoms with van der Waals surface area (Å²) in [5, 5.41) is 11.4. The Kier molecular flexibility index (Phi) is 8.14. The Hall–Kier alpha value is -4.81. The molecular weight excluding hydrogens is 752 g/mol. The Morgan fingerprint density at radius 3 is 2.41 bits per heavy atom. The predicted molar refractivity (Wildman–Crippen MR) is 211 cm³/mol. The highest BCUT2D eigenvalue weighted by atomic mass is 127. The fourth-order valence-electron chi connectivity index (χ4n) is 7.62. The molecule has 3 aromatic heterocycles. The van der Waals surface area contributed by atoms with Crippen LogP contribution < -0.4 is 9.80 Å². The largest absolute Gasteiger partial charge is 0.388 e. The second kappa shape index (κ2) is 12.4. The number of aliphatic imine (C=N–C) groups is 1. The Morgan fingerprint density at radius 2 is 1.63 bits per heavy atom. The minimum Gasteiger partial charge on any atom is -0.388 e. The van der Waals surface area contributed by atoms with Gasteiger partial charge in [-0.2, -0.15) is 4.99 Å². The van der Waals surface area contributed by atoms with Gasteiger partial charge < -0.3 is 14.9 Å². The van der Waals surface area contributed by atoms with Crippen LogP contribution in [0.15, 0.2) is 96.2 Å². The van der Waals surface area contributed by atoms with Gasteiger partial charge in [0.05, 0.1) is 28.3 Å². The van der Waals surface area contributed by atoms with E-state index in [4.69, 9.17) is 15.0 Å². The van der Waals surface area contributed by atoms with Crippen molar-refractivity contribution in [3.8, 4) is 22.6 Å². The molecule has 1 N–H and O–H groups in total. The highest BCUT2D eigenvalue weighted by Crippen LogP contribution is 2.49. The molecule has 0 bridgehead atoms. The maximum atomic E-state index is 14.6. The SMILES string of the molecule is Cc1c(-c2ccccn2)nc2cc(F)ccc2c1N1CC(C)(C)c2ccc(-c3ccnc(N=C(CO)N4CC(C)(C)c5ccc(I)cc54)n3)cc21. The molecule has 0 spiro atoms. The average Bonchev–Trinajstić information content (AvgIpc) is 3.54. The highest BCUT2D eigenvalue weighted by molar-refractivity contribution is 14.1. The van der Waals surface area contributed by atoms with E-state index in [0.717, 1.165) is 60.8 Å². The van der Waals surface area contributed by atoms with E-state index in [0.29, 0.717) is 17.9 Å². The van der Waals surface area contributed by atoms with Crippen molar-refractivity contribution in [3.63, 3.8) is 0 Å². The van der Waals surface area contributed by atoms with E-state index in [2.05, 4.69) is 113 Å². The van der Waals surface area contributed by atoms with Crippen molar-refractivity contribution in [2.24, 2.45) is 4.99 Å². The molecule has 0 saturated heterocycles. The number of aromatic nitrogens is 4. The number of hydrogen-bond donors (Lipinski definition) is 1. The number of amidine groups is 1. The number of pyridine rings is 2. The molecule has 2 aliphatic heterocycles. The zero-order valence-corrected chi connectivity index (χ0v) is 31.3. The fourth-order valence-corrected chi connectivity index (χ4v) is 8.10. The van der Waals surface area contributed by atoms with Crippen LogP contribution >= 0.6 is 22.6 Å². The van der Waals surface area contributed by atoms with E-state index in [1.807, 2.05) is 30.3 Å². The number of aliphatic hydroxyl groups is 1. The summed E-state index contributed by atoms with van der Waals surface area (Å²) in [5.74, 6) is 0.451. The Balaban J connectivity index is 1.22. The second-order valence-electron chi connectivity index (χ2n) is 14.6. The first-order valence-electron chi connectivity index (χ1n) is 17.0. The summed E-state index contributed by atoms with van der Waals surface area (Å²) in [5.41, 5.74) is 9.87. The summed E-state index contributed by atoms with van der Waals surface area (Å²) in [6.07, 6.45) is 3.46. The molecular formula is C41H37FIN7O. The summed E-state index contributed by atoms with van der Waals surface area (Å²) in [6.45, 7) is 12.1. The number of anilines is 3. The zero-order chi connectivity index (χ0) is 35.7. The van der Waals surface area contributed by atoms with Crippen LogP contribution in [-0.2, 0) is 10.8 Å². The quantitative estimate of drug-likeness (QED) is 0.106. The van der Waals surface area contributed by atoms with Gasteiger partial charge in [0.1, 0.15) is 18.3 Å². The molecule has 256 valence electrons. The summed E-state index contributed by atoms with van der Waals surface area (Å²) in [7, 11) is 0. The molecule has 8 rings (SSSR count). The first-order valence-corrected chi connectivity index (χ1v) is 18.0. The van der Waals surface area contributed by atoms with Gasteiger partial charge in [0.15, 0.2) is 0 Å². The first-order chi connectivity index (χ1) is 24.4. The molecule has 0 saturated carbocycles. The molecule has 8 nitrogen and oxygen atoms in total. The van der Waals surface area contributed by atoms with Crippen LogP contribution in [-0.4, -0.2) is 50.6 Å². The van der Waals surface area contributed by atoms with E-state index in [1.54, 1.807) is 12.4 Å². The average molecular weight is 790 g/mol. The van der Waals surface area contributed by atoms with E-state index in [-0.39, 0.29) is 29.2 Å². The van der Waals surface area contributed by atoms with Crippen LogP contribution in [0.2, 0.25) is 0 Å². The predicted octanol–water partition coefficient (Wildman–Crippen LogP) is 9.06. The lowest BCUT2D eigenvalue weighted by Gasteiger charge is -2.27. The van der Waals surface area contributed by atoms with Gasteiger partial charge in [-0.15, -0.1) is 0 Å². The number of fused-ring (bicyclic) bond motifs is 3. The van der Waals surface area contributed by atoms with Crippen molar-refractivity contribution >= 4 is 62.3 Å². The Morgan fingerprint density at radius 1 is 0.843 bits per heavy atom. The number of benzene rings is 3. The van der Waals surface area contributed by atoms with Crippen molar-refractivity contribution in [2.45, 2.75) is 45.4 Å². The molecule has 2 aliphatic rings. The number of rotatable bonds is 5. The normalized spacial score (nSPS) is 16.1. The standard InChI is InChI=1S/C41H37FIN7O/c1-24-37(32-8-6-7-16-44-32)46-33-19-26(42)10-12-28(33)38(24)50-23-41(4,5)29-13-9-25(18-34(29)50)31-15-17-45-39(47-31)48-36(21-51)49-22-40(2,3)30-14-11-27(43)20-35(30)49/h6-20,51H,21-23H2,1-5H3. The van der Waals surface area contributed by atoms with Crippen molar-refractivity contribution in [1.82, 2.24) is 19.9 Å². The minimum atomic E-state index is -0.333. The van der Waals surface area contributed by atoms with E-state index in [9.17, 15) is 9.50 Å². The molecule has 10 heteroatoms. The van der Waals surface area contributed by atoms with Crippen molar-refractivity contribution in [2.75, 3.05) is 29.5 Å². The van der Waals surface area contributed by atoms with Crippen molar-refractivity contribution in [3.05, 3.63) is 117 Å².